The third kappa shape index (κ3) is 14.7. The van der Waals surface area contributed by atoms with E-state index in [0.29, 0.717) is 33.5 Å². The van der Waals surface area contributed by atoms with E-state index < -0.39 is 0 Å². The zero-order valence-electron chi connectivity index (χ0n) is 38.3. The van der Waals surface area contributed by atoms with Crippen molar-refractivity contribution in [1.82, 2.24) is 27.8 Å². The lowest BCUT2D eigenvalue weighted by atomic mass is 10.1. The Morgan fingerprint density at radius 1 is 0.514 bits per heavy atom. The highest BCUT2D eigenvalue weighted by molar-refractivity contribution is 9.09. The molecule has 13 heteroatoms. The van der Waals surface area contributed by atoms with E-state index in [-0.39, 0.29) is 39.6 Å². The number of carbonyl (C=O) groups is 3. The first-order valence-electron chi connectivity index (χ1n) is 21.5. The predicted molar refractivity (Wildman–Crippen MR) is 297 cm³/mol. The van der Waals surface area contributed by atoms with Crippen LogP contribution in [-0.4, -0.2) is 50.5 Å². The summed E-state index contributed by atoms with van der Waals surface area (Å²) in [6, 6.07) is 32.5. The summed E-state index contributed by atoms with van der Waals surface area (Å²) in [4.78, 5) is 40.8. The SMILES string of the molecule is C.C.C.C1=CCC=C1.Cc1cc(C(=O)CBr)c(C)n1-c1ccc(Cl)cc1.Cc1cc(C(=O)Cn2cccc2)c(C)n1-c1ccc(Cl)cc1.Cc1cc(C(=O)Cn2ccnc2)c(C)n1-c1ccc(Cl)cc1. The maximum atomic E-state index is 12.5. The molecule has 1 aliphatic rings. The third-order valence-corrected chi connectivity index (χ3v) is 12.4. The Labute approximate surface area is 437 Å². The normalized spacial score (nSPS) is 10.8. The van der Waals surface area contributed by atoms with Gasteiger partial charge in [-0.15, -0.1) is 0 Å². The molecule has 0 amide bonds. The number of Topliss-reactive ketones (excluding diaryl/α,β-unsaturated/α-hetero) is 3. The number of alkyl halides is 1. The van der Waals surface area contributed by atoms with Gasteiger partial charge >= 0.3 is 0 Å². The highest BCUT2D eigenvalue weighted by atomic mass is 79.9. The van der Waals surface area contributed by atoms with Crippen molar-refractivity contribution in [3.63, 3.8) is 0 Å². The highest BCUT2D eigenvalue weighted by Gasteiger charge is 2.19. The van der Waals surface area contributed by atoms with E-state index in [0.717, 1.165) is 74.3 Å². The molecule has 0 atom stereocenters. The summed E-state index contributed by atoms with van der Waals surface area (Å²) in [7, 11) is 0. The number of nitrogens with zero attached hydrogens (tertiary/aromatic N) is 6. The predicted octanol–water partition coefficient (Wildman–Crippen LogP) is 16.0. The van der Waals surface area contributed by atoms with Crippen molar-refractivity contribution in [2.75, 3.05) is 5.33 Å². The van der Waals surface area contributed by atoms with Crippen LogP contribution in [0.4, 0.5) is 0 Å². The number of ketones is 3. The molecule has 0 unspecified atom stereocenters. The van der Waals surface area contributed by atoms with E-state index in [4.69, 9.17) is 34.8 Å². The van der Waals surface area contributed by atoms with Crippen molar-refractivity contribution in [3.8, 4) is 17.1 Å². The highest BCUT2D eigenvalue weighted by Crippen LogP contribution is 2.26. The largest absolute Gasteiger partial charge is 0.347 e. The van der Waals surface area contributed by atoms with Gasteiger partial charge in [0, 0.05) is 108 Å². The van der Waals surface area contributed by atoms with Crippen LogP contribution in [0.15, 0.2) is 159 Å². The van der Waals surface area contributed by atoms with Crippen molar-refractivity contribution >= 4 is 68.1 Å². The summed E-state index contributed by atoms with van der Waals surface area (Å²) in [6.07, 6.45) is 18.4. The molecule has 9 rings (SSSR count). The first kappa shape index (κ1) is 58.1. The van der Waals surface area contributed by atoms with Crippen molar-refractivity contribution in [2.24, 2.45) is 0 Å². The van der Waals surface area contributed by atoms with E-state index in [2.05, 4.69) is 58.9 Å². The number of aryl methyl sites for hydroxylation is 3. The van der Waals surface area contributed by atoms with Gasteiger partial charge in [-0.3, -0.25) is 14.4 Å². The summed E-state index contributed by atoms with van der Waals surface area (Å²) in [6.45, 7) is 12.5. The van der Waals surface area contributed by atoms with Crippen molar-refractivity contribution < 1.29 is 14.4 Å². The number of allylic oxidation sites excluding steroid dienone is 4. The lowest BCUT2D eigenvalue weighted by Crippen LogP contribution is -2.10. The quantitative estimate of drug-likeness (QED) is 0.0953. The van der Waals surface area contributed by atoms with Gasteiger partial charge in [0.1, 0.15) is 0 Å². The Hall–Kier alpha value is -6.17. The molecule has 0 radical (unpaired) electrons. The summed E-state index contributed by atoms with van der Waals surface area (Å²) in [5.41, 5.74) is 11.2. The Morgan fingerprint density at radius 2 is 0.857 bits per heavy atom. The van der Waals surface area contributed by atoms with Gasteiger partial charge in [0.05, 0.1) is 24.7 Å². The lowest BCUT2D eigenvalue weighted by molar-refractivity contribution is 0.0963. The van der Waals surface area contributed by atoms with Gasteiger partial charge in [-0.25, -0.2) is 4.98 Å². The van der Waals surface area contributed by atoms with E-state index in [1.54, 1.807) is 23.3 Å². The standard InChI is InChI=1S/C18H17ClN2O.C17H16ClN3O.C14H13BrClNO.C5H6.3CH4/c1-13-11-17(18(22)12-20-9-3-4-10-20)14(2)21(13)16-7-5-15(19)6-8-16;1-12-9-16(17(22)10-20-8-7-19-11-20)13(2)21(12)15-5-3-14(18)4-6-15;1-9-7-13(14(18)8-15)10(2)17(9)12-5-3-11(16)4-6-12;1-2-4-5-3-1;;;/h3-11H,12H2,1-2H3;3-9,11H,10H2,1-2H3;3-7H,8H2,1-2H3;1-4H,5H2;3*1H4. The number of aromatic nitrogens is 6. The first-order valence-corrected chi connectivity index (χ1v) is 23.8. The van der Waals surface area contributed by atoms with E-state index in [9.17, 15) is 14.4 Å². The van der Waals surface area contributed by atoms with Crippen LogP contribution in [-0.2, 0) is 13.1 Å². The summed E-state index contributed by atoms with van der Waals surface area (Å²) in [5, 5.41) is 2.45. The number of hydrogen-bond donors (Lipinski definition) is 0. The fraction of sp³-hybridized carbons (Fsp3) is 0.228. The first-order chi connectivity index (χ1) is 32.2. The van der Waals surface area contributed by atoms with Crippen LogP contribution < -0.4 is 0 Å². The zero-order valence-corrected chi connectivity index (χ0v) is 42.1. The molecule has 8 aromatic rings. The lowest BCUT2D eigenvalue weighted by Gasteiger charge is -2.10. The van der Waals surface area contributed by atoms with Crippen LogP contribution in [0.2, 0.25) is 15.1 Å². The van der Waals surface area contributed by atoms with E-state index in [1.165, 1.54) is 0 Å². The minimum atomic E-state index is 0. The van der Waals surface area contributed by atoms with Gasteiger partial charge in [-0.1, -0.05) is 97.3 Å². The molecule has 0 saturated heterocycles. The second-order valence-electron chi connectivity index (χ2n) is 15.9. The van der Waals surface area contributed by atoms with Crippen LogP contribution in [0.3, 0.4) is 0 Å². The number of benzene rings is 3. The topological polar surface area (TPSA) is 88.8 Å². The second-order valence-corrected chi connectivity index (χ2v) is 17.7. The number of imidazole rings is 1. The average molecular weight is 1070 g/mol. The Bertz CT molecular complexity index is 2840. The fourth-order valence-electron chi connectivity index (χ4n) is 7.92. The molecule has 0 saturated carbocycles. The molecule has 9 nitrogen and oxygen atoms in total. The smallest absolute Gasteiger partial charge is 0.184 e. The Morgan fingerprint density at radius 3 is 1.16 bits per heavy atom. The molecule has 5 aromatic heterocycles. The average Bonchev–Trinajstić information content (AvgIpc) is 4.20. The van der Waals surface area contributed by atoms with Crippen molar-refractivity contribution in [1.29, 1.82) is 0 Å². The Kier molecular flexibility index (Phi) is 22.7. The molecular formula is C57H64BrCl3N6O3. The minimum absolute atomic E-state index is 0. The molecule has 5 heterocycles. The Balaban J connectivity index is 0.000000260. The maximum absolute atomic E-state index is 12.5. The fourth-order valence-corrected chi connectivity index (χ4v) is 8.60. The van der Waals surface area contributed by atoms with Crippen LogP contribution in [0.5, 0.6) is 0 Å². The summed E-state index contributed by atoms with van der Waals surface area (Å²) >= 11 is 21.0. The number of hydrogen-bond acceptors (Lipinski definition) is 4. The number of halogens is 4. The van der Waals surface area contributed by atoms with Crippen LogP contribution in [0, 0.1) is 41.5 Å². The van der Waals surface area contributed by atoms with Crippen molar-refractivity contribution in [2.45, 2.75) is 83.3 Å². The van der Waals surface area contributed by atoms with Crippen LogP contribution in [0.1, 0.15) is 93.9 Å². The monoisotopic (exact) mass is 1060 g/mol. The summed E-state index contributed by atoms with van der Waals surface area (Å²) in [5.74, 6) is 0.291. The molecule has 0 bridgehead atoms. The van der Waals surface area contributed by atoms with Gasteiger partial charge in [-0.05, 0) is 151 Å². The molecule has 3 aromatic carbocycles. The molecule has 0 N–H and O–H groups in total. The van der Waals surface area contributed by atoms with Gasteiger partial charge in [0.15, 0.2) is 17.3 Å². The van der Waals surface area contributed by atoms with Gasteiger partial charge < -0.3 is 22.8 Å². The van der Waals surface area contributed by atoms with Crippen LogP contribution in [0.25, 0.3) is 17.1 Å². The molecule has 1 aliphatic carbocycles. The van der Waals surface area contributed by atoms with Gasteiger partial charge in [0.25, 0.3) is 0 Å². The molecule has 368 valence electrons. The number of rotatable bonds is 11. The maximum Gasteiger partial charge on any atom is 0.184 e. The van der Waals surface area contributed by atoms with Gasteiger partial charge in [0.2, 0.25) is 0 Å². The van der Waals surface area contributed by atoms with Crippen LogP contribution >= 0.6 is 50.7 Å². The second kappa shape index (κ2) is 27.3. The molecule has 0 aliphatic heterocycles. The van der Waals surface area contributed by atoms with Crippen molar-refractivity contribution in [3.05, 3.63) is 224 Å². The molecule has 0 fully saturated rings. The van der Waals surface area contributed by atoms with E-state index >= 15 is 0 Å². The third-order valence-electron chi connectivity index (χ3n) is 11.1. The summed E-state index contributed by atoms with van der Waals surface area (Å²) < 4.78 is 9.87. The zero-order chi connectivity index (χ0) is 48.2. The molecule has 70 heavy (non-hydrogen) atoms. The number of carbonyl (C=O) groups excluding carboxylic acids is 3. The minimum Gasteiger partial charge on any atom is -0.347 e. The molecule has 0 spiro atoms. The molecular weight excluding hydrogens is 1000 g/mol. The van der Waals surface area contributed by atoms with Gasteiger partial charge in [-0.2, -0.15) is 0 Å². The van der Waals surface area contributed by atoms with E-state index in [1.807, 2.05) is 162 Å².